The topological polar surface area (TPSA) is 112 Å². The van der Waals surface area contributed by atoms with Crippen molar-refractivity contribution >= 4 is 28.8 Å². The first-order chi connectivity index (χ1) is 15.5. The van der Waals surface area contributed by atoms with Crippen LogP contribution in [0.5, 0.6) is 11.5 Å². The molecule has 0 saturated heterocycles. The molecule has 0 bridgehead atoms. The number of fused-ring (bicyclic) bond motifs is 1. The van der Waals surface area contributed by atoms with Crippen LogP contribution in [0.4, 0.5) is 0 Å². The van der Waals surface area contributed by atoms with E-state index in [-0.39, 0.29) is 11.4 Å². The standard InChI is InChI=1S/C24H18N4O3S/c1-30-18-9-5-3-7-14(18)11-20-23(29)28-22(27)16(12-25)21(17(13-26)24(28)32-20)15-8-4-6-10-19(15)31-2/h3-11,16,21,27H,1-2H3/b20-11-,27-22?. The second-order valence-corrected chi connectivity index (χ2v) is 8.07. The van der Waals surface area contributed by atoms with E-state index in [4.69, 9.17) is 14.9 Å². The van der Waals surface area contributed by atoms with Crippen LogP contribution in [0, 0.1) is 34.0 Å². The summed E-state index contributed by atoms with van der Waals surface area (Å²) in [5.41, 5.74) is 1.16. The molecule has 32 heavy (non-hydrogen) atoms. The van der Waals surface area contributed by atoms with Crippen molar-refractivity contribution in [3.63, 3.8) is 0 Å². The van der Waals surface area contributed by atoms with Crippen molar-refractivity contribution in [1.82, 2.24) is 4.57 Å². The van der Waals surface area contributed by atoms with Crippen molar-refractivity contribution in [1.29, 1.82) is 15.9 Å². The van der Waals surface area contributed by atoms with E-state index in [1.165, 1.54) is 11.7 Å². The predicted octanol–water partition coefficient (Wildman–Crippen LogP) is 2.19. The molecule has 7 nitrogen and oxygen atoms in total. The van der Waals surface area contributed by atoms with Gasteiger partial charge < -0.3 is 9.47 Å². The number of nitriles is 2. The number of rotatable bonds is 4. The zero-order chi connectivity index (χ0) is 22.8. The third kappa shape index (κ3) is 3.27. The molecule has 4 rings (SSSR count). The summed E-state index contributed by atoms with van der Waals surface area (Å²) in [5.74, 6) is -0.764. The second-order valence-electron chi connectivity index (χ2n) is 7.04. The molecule has 8 heteroatoms. The Hall–Kier alpha value is -4.14. The zero-order valence-corrected chi connectivity index (χ0v) is 18.1. The summed E-state index contributed by atoms with van der Waals surface area (Å²) >= 11 is 1.13. The lowest BCUT2D eigenvalue weighted by atomic mass is 9.79. The van der Waals surface area contributed by atoms with Crippen molar-refractivity contribution in [2.75, 3.05) is 14.2 Å². The molecule has 2 atom stereocenters. The van der Waals surface area contributed by atoms with Gasteiger partial charge in [0.25, 0.3) is 5.56 Å². The van der Waals surface area contributed by atoms with E-state index in [1.807, 2.05) is 18.2 Å². The highest BCUT2D eigenvalue weighted by Gasteiger charge is 2.39. The number of aromatic nitrogens is 1. The van der Waals surface area contributed by atoms with Gasteiger partial charge in [-0.1, -0.05) is 36.4 Å². The summed E-state index contributed by atoms with van der Waals surface area (Å²) in [6.07, 6.45) is 1.68. The number of methoxy groups -OCH3 is 2. The van der Waals surface area contributed by atoms with Crippen molar-refractivity contribution < 1.29 is 9.47 Å². The lowest BCUT2D eigenvalue weighted by Gasteiger charge is -2.27. The smallest absolute Gasteiger partial charge is 0.274 e. The van der Waals surface area contributed by atoms with Gasteiger partial charge in [0.1, 0.15) is 27.9 Å². The van der Waals surface area contributed by atoms with Gasteiger partial charge in [-0.3, -0.25) is 14.8 Å². The second kappa shape index (κ2) is 8.54. The van der Waals surface area contributed by atoms with Crippen LogP contribution < -0.4 is 24.2 Å². The maximum Gasteiger partial charge on any atom is 0.274 e. The van der Waals surface area contributed by atoms with E-state index in [2.05, 4.69) is 12.1 Å². The monoisotopic (exact) mass is 442 g/mol. The minimum Gasteiger partial charge on any atom is -0.496 e. The summed E-state index contributed by atoms with van der Waals surface area (Å²) < 4.78 is 12.7. The van der Waals surface area contributed by atoms with Gasteiger partial charge in [0.2, 0.25) is 0 Å². The highest BCUT2D eigenvalue weighted by atomic mass is 32.1. The Morgan fingerprint density at radius 3 is 2.38 bits per heavy atom. The van der Waals surface area contributed by atoms with Gasteiger partial charge >= 0.3 is 0 Å². The number of hydrogen-bond acceptors (Lipinski definition) is 7. The normalized spacial score (nSPS) is 17.9. The molecule has 1 N–H and O–H groups in total. The Morgan fingerprint density at radius 1 is 1.06 bits per heavy atom. The maximum absolute atomic E-state index is 13.2. The van der Waals surface area contributed by atoms with E-state index in [0.717, 1.165) is 11.3 Å². The SMILES string of the molecule is COc1ccccc1/C=c1\sc2n(c1=O)C(=N)C(C#N)C(c1ccccc1OC)C=2C#N. The number of benzene rings is 2. The van der Waals surface area contributed by atoms with Gasteiger partial charge in [0, 0.05) is 17.0 Å². The first-order valence-corrected chi connectivity index (χ1v) is 10.5. The van der Waals surface area contributed by atoms with E-state index in [0.29, 0.717) is 31.8 Å². The van der Waals surface area contributed by atoms with E-state index in [1.54, 1.807) is 43.5 Å². The Balaban J connectivity index is 2.06. The highest BCUT2D eigenvalue weighted by molar-refractivity contribution is 7.07. The van der Waals surface area contributed by atoms with Crippen LogP contribution in [0.1, 0.15) is 17.0 Å². The van der Waals surface area contributed by atoms with Crippen LogP contribution >= 0.6 is 11.3 Å². The Labute approximate surface area is 187 Å². The number of ether oxygens (including phenoxy) is 2. The first kappa shape index (κ1) is 21.1. The van der Waals surface area contributed by atoms with Gasteiger partial charge in [-0.15, -0.1) is 11.3 Å². The van der Waals surface area contributed by atoms with Gasteiger partial charge in [-0.2, -0.15) is 10.5 Å². The van der Waals surface area contributed by atoms with Crippen LogP contribution in [-0.4, -0.2) is 24.6 Å². The van der Waals surface area contributed by atoms with E-state index in [9.17, 15) is 15.3 Å². The molecular weight excluding hydrogens is 424 g/mol. The molecule has 0 saturated carbocycles. The van der Waals surface area contributed by atoms with Crippen molar-refractivity contribution in [3.05, 3.63) is 79.2 Å². The molecule has 2 aromatic carbocycles. The van der Waals surface area contributed by atoms with Gasteiger partial charge in [-0.05, 0) is 18.2 Å². The maximum atomic E-state index is 13.2. The quantitative estimate of drug-likeness (QED) is 0.666. The minimum absolute atomic E-state index is 0.154. The van der Waals surface area contributed by atoms with E-state index >= 15 is 0 Å². The Bertz CT molecular complexity index is 1490. The molecule has 0 fully saturated rings. The van der Waals surface area contributed by atoms with Gasteiger partial charge in [-0.25, -0.2) is 0 Å². The van der Waals surface area contributed by atoms with Crippen LogP contribution in [0.15, 0.2) is 53.3 Å². The largest absolute Gasteiger partial charge is 0.496 e. The zero-order valence-electron chi connectivity index (χ0n) is 17.3. The average molecular weight is 443 g/mol. The average Bonchev–Trinajstić information content (AvgIpc) is 3.15. The molecule has 2 heterocycles. The third-order valence-corrected chi connectivity index (χ3v) is 6.50. The molecular formula is C24H18N4O3S. The fourth-order valence-corrected chi connectivity index (χ4v) is 5.04. The molecule has 0 amide bonds. The van der Waals surface area contributed by atoms with Crippen molar-refractivity contribution in [2.45, 2.75) is 5.92 Å². The molecule has 0 spiro atoms. The molecule has 0 aliphatic carbocycles. The van der Waals surface area contributed by atoms with Crippen LogP contribution in [-0.2, 0) is 0 Å². The molecule has 2 unspecified atom stereocenters. The van der Waals surface area contributed by atoms with Gasteiger partial charge in [0.15, 0.2) is 0 Å². The van der Waals surface area contributed by atoms with Crippen LogP contribution in [0.2, 0.25) is 0 Å². The molecule has 158 valence electrons. The fraction of sp³-hybridized carbons (Fsp3) is 0.167. The van der Waals surface area contributed by atoms with Crippen molar-refractivity contribution in [2.24, 2.45) is 5.92 Å². The molecule has 1 aromatic heterocycles. The summed E-state index contributed by atoms with van der Waals surface area (Å²) in [7, 11) is 3.06. The summed E-state index contributed by atoms with van der Waals surface area (Å²) in [6.45, 7) is 0. The molecule has 3 aromatic rings. The number of para-hydroxylation sites is 2. The molecule has 0 radical (unpaired) electrons. The van der Waals surface area contributed by atoms with Crippen LogP contribution in [0.25, 0.3) is 11.6 Å². The highest BCUT2D eigenvalue weighted by Crippen LogP contribution is 2.39. The Kier molecular flexibility index (Phi) is 5.63. The van der Waals surface area contributed by atoms with E-state index < -0.39 is 17.4 Å². The number of nitrogens with zero attached hydrogens (tertiary/aromatic N) is 3. The lowest BCUT2D eigenvalue weighted by Crippen LogP contribution is -2.45. The Morgan fingerprint density at radius 2 is 1.72 bits per heavy atom. The lowest BCUT2D eigenvalue weighted by molar-refractivity contribution is 0.407. The third-order valence-electron chi connectivity index (χ3n) is 5.39. The van der Waals surface area contributed by atoms with Gasteiger partial charge in [0.05, 0.1) is 36.5 Å². The number of hydrogen-bond donors (Lipinski definition) is 1. The fourth-order valence-electron chi connectivity index (χ4n) is 3.92. The summed E-state index contributed by atoms with van der Waals surface area (Å²) in [6, 6.07) is 18.7. The van der Waals surface area contributed by atoms with Crippen molar-refractivity contribution in [3.8, 4) is 23.6 Å². The molecule has 1 aliphatic heterocycles. The summed E-state index contributed by atoms with van der Waals surface area (Å²) in [5, 5.41) is 28.6. The summed E-state index contributed by atoms with van der Waals surface area (Å²) in [4.78, 5) is 13.2. The minimum atomic E-state index is -1.01. The predicted molar refractivity (Wildman–Crippen MR) is 121 cm³/mol. The number of thiazole rings is 1. The first-order valence-electron chi connectivity index (χ1n) is 9.68. The number of nitrogens with one attached hydrogen (secondary N) is 1. The molecule has 1 aliphatic rings. The van der Waals surface area contributed by atoms with Crippen LogP contribution in [0.3, 0.4) is 0 Å².